The number of hydrogen-bond acceptors (Lipinski definition) is 5. The van der Waals surface area contributed by atoms with Crippen LogP contribution in [0.5, 0.6) is 11.5 Å². The lowest BCUT2D eigenvalue weighted by Gasteiger charge is -2.13. The van der Waals surface area contributed by atoms with Gasteiger partial charge in [-0.25, -0.2) is 0 Å². The highest BCUT2D eigenvalue weighted by Gasteiger charge is 2.21. The maximum Gasteiger partial charge on any atom is 0.200 e. The van der Waals surface area contributed by atoms with Gasteiger partial charge in [-0.1, -0.05) is 23.2 Å². The summed E-state index contributed by atoms with van der Waals surface area (Å²) in [6, 6.07) is 5.87. The fraction of sp³-hybridized carbons (Fsp3) is 0.133. The maximum absolute atomic E-state index is 12.8. The van der Waals surface area contributed by atoms with E-state index < -0.39 is 0 Å². The molecule has 116 valence electrons. The van der Waals surface area contributed by atoms with Crippen LogP contribution in [-0.4, -0.2) is 20.0 Å². The summed E-state index contributed by atoms with van der Waals surface area (Å²) in [7, 11) is 2.87. The van der Waals surface area contributed by atoms with Gasteiger partial charge >= 0.3 is 0 Å². The molecule has 0 amide bonds. The molecule has 4 N–H and O–H groups in total. The van der Waals surface area contributed by atoms with E-state index in [9.17, 15) is 4.79 Å². The molecule has 0 aliphatic heterocycles. The van der Waals surface area contributed by atoms with Crippen LogP contribution in [0.1, 0.15) is 15.9 Å². The van der Waals surface area contributed by atoms with Gasteiger partial charge < -0.3 is 20.9 Å². The fourth-order valence-electron chi connectivity index (χ4n) is 1.98. The number of benzene rings is 2. The minimum Gasteiger partial charge on any atom is -0.496 e. The standard InChI is InChI=1S/C15H14Cl2N2O3/c1-21-13-5-11(18)9(16)3-7(13)15(20)8-4-10(17)12(19)6-14(8)22-2/h3-6H,18-19H2,1-2H3. The molecule has 0 saturated heterocycles. The Labute approximate surface area is 137 Å². The second kappa shape index (κ2) is 6.34. The van der Waals surface area contributed by atoms with E-state index in [1.165, 1.54) is 38.5 Å². The van der Waals surface area contributed by atoms with Crippen LogP contribution in [-0.2, 0) is 0 Å². The van der Waals surface area contributed by atoms with E-state index in [1.54, 1.807) is 0 Å². The molecule has 0 aromatic heterocycles. The monoisotopic (exact) mass is 340 g/mol. The smallest absolute Gasteiger partial charge is 0.200 e. The van der Waals surface area contributed by atoms with Crippen LogP contribution in [0.25, 0.3) is 0 Å². The van der Waals surface area contributed by atoms with Gasteiger partial charge in [-0.3, -0.25) is 4.79 Å². The average Bonchev–Trinajstić information content (AvgIpc) is 2.51. The van der Waals surface area contributed by atoms with Crippen molar-refractivity contribution in [1.29, 1.82) is 0 Å². The third-order valence-electron chi connectivity index (χ3n) is 3.13. The first kappa shape index (κ1) is 16.3. The van der Waals surface area contributed by atoms with E-state index >= 15 is 0 Å². The van der Waals surface area contributed by atoms with E-state index in [0.29, 0.717) is 22.9 Å². The number of carbonyl (C=O) groups is 1. The second-order valence-electron chi connectivity index (χ2n) is 4.48. The molecule has 2 rings (SSSR count). The summed E-state index contributed by atoms with van der Waals surface area (Å²) in [5, 5.41) is 0.509. The van der Waals surface area contributed by atoms with Crippen LogP contribution < -0.4 is 20.9 Å². The van der Waals surface area contributed by atoms with Gasteiger partial charge in [0.1, 0.15) is 11.5 Å². The summed E-state index contributed by atoms with van der Waals surface area (Å²) < 4.78 is 10.4. The molecule has 2 aromatic carbocycles. The molecule has 2 aromatic rings. The number of anilines is 2. The first-order valence-electron chi connectivity index (χ1n) is 6.19. The number of halogens is 2. The zero-order valence-electron chi connectivity index (χ0n) is 11.9. The van der Waals surface area contributed by atoms with Gasteiger partial charge in [0.05, 0.1) is 46.8 Å². The lowest BCUT2D eigenvalue weighted by Crippen LogP contribution is -2.08. The van der Waals surface area contributed by atoms with E-state index in [-0.39, 0.29) is 27.0 Å². The Morgan fingerprint density at radius 3 is 1.55 bits per heavy atom. The largest absolute Gasteiger partial charge is 0.496 e. The topological polar surface area (TPSA) is 87.6 Å². The average molecular weight is 341 g/mol. The Balaban J connectivity index is 2.62. The number of rotatable bonds is 4. The van der Waals surface area contributed by atoms with E-state index in [1.807, 2.05) is 0 Å². The quantitative estimate of drug-likeness (QED) is 0.657. The molecular formula is C15H14Cl2N2O3. The highest BCUT2D eigenvalue weighted by atomic mass is 35.5. The van der Waals surface area contributed by atoms with Crippen LogP contribution in [0.15, 0.2) is 24.3 Å². The molecule has 7 heteroatoms. The highest BCUT2D eigenvalue weighted by molar-refractivity contribution is 6.34. The fourth-order valence-corrected chi connectivity index (χ4v) is 2.30. The Morgan fingerprint density at radius 2 is 1.23 bits per heavy atom. The minimum absolute atomic E-state index is 0.251. The van der Waals surface area contributed by atoms with Crippen LogP contribution in [0.2, 0.25) is 10.0 Å². The summed E-state index contributed by atoms with van der Waals surface area (Å²) >= 11 is 12.0. The summed E-state index contributed by atoms with van der Waals surface area (Å²) in [5.41, 5.74) is 12.6. The lowest BCUT2D eigenvalue weighted by molar-refractivity contribution is 0.103. The Hall–Kier alpha value is -2.11. The van der Waals surface area contributed by atoms with Crippen LogP contribution in [0, 0.1) is 0 Å². The van der Waals surface area contributed by atoms with Crippen molar-refractivity contribution in [3.8, 4) is 11.5 Å². The van der Waals surface area contributed by atoms with E-state index in [2.05, 4.69) is 0 Å². The van der Waals surface area contributed by atoms with Crippen molar-refractivity contribution >= 4 is 40.4 Å². The third kappa shape index (κ3) is 2.91. The molecule has 0 atom stereocenters. The molecule has 0 aliphatic carbocycles. The summed E-state index contributed by atoms with van der Waals surface area (Å²) in [6.45, 7) is 0. The molecule has 0 aliphatic rings. The number of hydrogen-bond donors (Lipinski definition) is 2. The maximum atomic E-state index is 12.8. The van der Waals surface area contributed by atoms with Crippen molar-refractivity contribution in [2.45, 2.75) is 0 Å². The van der Waals surface area contributed by atoms with Crippen molar-refractivity contribution in [2.75, 3.05) is 25.7 Å². The molecule has 0 fully saturated rings. The minimum atomic E-state index is -0.363. The molecule has 0 unspecified atom stereocenters. The van der Waals surface area contributed by atoms with Gasteiger partial charge in [0.2, 0.25) is 5.78 Å². The van der Waals surface area contributed by atoms with E-state index in [0.717, 1.165) is 0 Å². The Kier molecular flexibility index (Phi) is 4.68. The molecule has 0 bridgehead atoms. The second-order valence-corrected chi connectivity index (χ2v) is 5.29. The van der Waals surface area contributed by atoms with Crippen LogP contribution in [0.3, 0.4) is 0 Å². The normalized spacial score (nSPS) is 10.4. The molecular weight excluding hydrogens is 327 g/mol. The van der Waals surface area contributed by atoms with Crippen molar-refractivity contribution < 1.29 is 14.3 Å². The van der Waals surface area contributed by atoms with Gasteiger partial charge in [-0.05, 0) is 12.1 Å². The molecule has 5 nitrogen and oxygen atoms in total. The van der Waals surface area contributed by atoms with Crippen LogP contribution >= 0.6 is 23.2 Å². The molecule has 0 saturated carbocycles. The lowest BCUT2D eigenvalue weighted by atomic mass is 10.0. The number of ether oxygens (including phenoxy) is 2. The van der Waals surface area contributed by atoms with Gasteiger partial charge in [-0.2, -0.15) is 0 Å². The number of nitrogen functional groups attached to an aromatic ring is 2. The third-order valence-corrected chi connectivity index (χ3v) is 3.78. The summed E-state index contributed by atoms with van der Waals surface area (Å²) in [4.78, 5) is 12.8. The molecule has 0 spiro atoms. The van der Waals surface area contributed by atoms with E-state index in [4.69, 9.17) is 44.1 Å². The van der Waals surface area contributed by atoms with Crippen molar-refractivity contribution in [2.24, 2.45) is 0 Å². The van der Waals surface area contributed by atoms with Gasteiger partial charge in [0.15, 0.2) is 0 Å². The van der Waals surface area contributed by atoms with Crippen molar-refractivity contribution in [1.82, 2.24) is 0 Å². The SMILES string of the molecule is COc1cc(N)c(Cl)cc1C(=O)c1cc(Cl)c(N)cc1OC. The van der Waals surface area contributed by atoms with Gasteiger partial charge in [0.25, 0.3) is 0 Å². The number of carbonyl (C=O) groups excluding carboxylic acids is 1. The Morgan fingerprint density at radius 1 is 0.864 bits per heavy atom. The zero-order chi connectivity index (χ0) is 16.4. The summed E-state index contributed by atoms with van der Waals surface area (Å²) in [6.07, 6.45) is 0. The van der Waals surface area contributed by atoms with Crippen molar-refractivity contribution in [3.05, 3.63) is 45.4 Å². The molecule has 0 radical (unpaired) electrons. The predicted octanol–water partition coefficient (Wildman–Crippen LogP) is 3.41. The highest BCUT2D eigenvalue weighted by Crippen LogP contribution is 2.35. The predicted molar refractivity (Wildman–Crippen MR) is 88.3 cm³/mol. The summed E-state index contributed by atoms with van der Waals surface area (Å²) in [5.74, 6) is 0.251. The van der Waals surface area contributed by atoms with Crippen molar-refractivity contribution in [3.63, 3.8) is 0 Å². The van der Waals surface area contributed by atoms with Crippen LogP contribution in [0.4, 0.5) is 11.4 Å². The first-order chi connectivity index (χ1) is 10.4. The van der Waals surface area contributed by atoms with Gasteiger partial charge in [-0.15, -0.1) is 0 Å². The Bertz CT molecular complexity index is 687. The first-order valence-corrected chi connectivity index (χ1v) is 6.95. The molecule has 0 heterocycles. The number of nitrogens with two attached hydrogens (primary N) is 2. The molecule has 22 heavy (non-hydrogen) atoms. The number of methoxy groups -OCH3 is 2. The zero-order valence-corrected chi connectivity index (χ0v) is 13.5. The van der Waals surface area contributed by atoms with Gasteiger partial charge in [0, 0.05) is 12.1 Å². The number of ketones is 1.